The topological polar surface area (TPSA) is 86.0 Å². The Morgan fingerprint density at radius 3 is 2.57 bits per heavy atom. The third-order valence-corrected chi connectivity index (χ3v) is 3.01. The minimum absolute atomic E-state index is 0.0223. The quantitative estimate of drug-likeness (QED) is 0.505. The maximum atomic E-state index is 12.0. The highest BCUT2D eigenvalue weighted by atomic mass is 16.3. The summed E-state index contributed by atoms with van der Waals surface area (Å²) in [6, 6.07) is 12.1. The van der Waals surface area contributed by atoms with Gasteiger partial charge in [-0.2, -0.15) is 5.26 Å². The molecule has 5 nitrogen and oxygen atoms in total. The van der Waals surface area contributed by atoms with Gasteiger partial charge < -0.3 is 10.4 Å². The lowest BCUT2D eigenvalue weighted by molar-refractivity contribution is -0.117. The van der Waals surface area contributed by atoms with Crippen LogP contribution in [0.5, 0.6) is 5.75 Å². The largest absolute Gasteiger partial charge is 0.508 e. The van der Waals surface area contributed by atoms with E-state index in [1.807, 2.05) is 6.07 Å². The number of allylic oxidation sites excluding steroid dienone is 2. The average Bonchev–Trinajstić information content (AvgIpc) is 2.59. The summed E-state index contributed by atoms with van der Waals surface area (Å²) in [5.74, 6) is -0.245. The van der Waals surface area contributed by atoms with Crippen molar-refractivity contribution in [2.24, 2.45) is 0 Å². The lowest BCUT2D eigenvalue weighted by Crippen LogP contribution is -2.23. The number of pyridine rings is 1. The Balaban J connectivity index is 1.96. The molecule has 0 saturated heterocycles. The first kappa shape index (κ1) is 16.0. The lowest BCUT2D eigenvalue weighted by atomic mass is 10.2. The molecule has 5 heteroatoms. The van der Waals surface area contributed by atoms with Crippen LogP contribution in [0.2, 0.25) is 0 Å². The Bertz CT molecular complexity index is 757. The average molecular weight is 305 g/mol. The van der Waals surface area contributed by atoms with Gasteiger partial charge in [-0.3, -0.25) is 9.78 Å². The molecule has 1 aromatic heterocycles. The van der Waals surface area contributed by atoms with Crippen molar-refractivity contribution in [3.8, 4) is 11.8 Å². The van der Waals surface area contributed by atoms with Crippen molar-refractivity contribution in [3.63, 3.8) is 0 Å². The highest BCUT2D eigenvalue weighted by molar-refractivity contribution is 5.97. The molecule has 0 saturated carbocycles. The van der Waals surface area contributed by atoms with Crippen LogP contribution in [0.3, 0.4) is 0 Å². The van der Waals surface area contributed by atoms with Gasteiger partial charge in [0.2, 0.25) is 0 Å². The van der Waals surface area contributed by atoms with E-state index < -0.39 is 5.91 Å². The van der Waals surface area contributed by atoms with E-state index in [9.17, 15) is 9.90 Å². The molecule has 1 amide bonds. The first-order chi connectivity index (χ1) is 11.2. The number of carbonyl (C=O) groups is 1. The predicted octanol–water partition coefficient (Wildman–Crippen LogP) is 2.57. The van der Waals surface area contributed by atoms with Gasteiger partial charge in [-0.15, -0.1) is 0 Å². The van der Waals surface area contributed by atoms with Crippen LogP contribution in [0.1, 0.15) is 11.1 Å². The first-order valence-corrected chi connectivity index (χ1v) is 6.93. The number of hydrogen-bond donors (Lipinski definition) is 2. The van der Waals surface area contributed by atoms with Crippen molar-refractivity contribution in [2.75, 3.05) is 0 Å². The number of amides is 1. The number of rotatable bonds is 5. The summed E-state index contributed by atoms with van der Waals surface area (Å²) in [7, 11) is 0. The lowest BCUT2D eigenvalue weighted by Gasteiger charge is -2.03. The smallest absolute Gasteiger partial charge is 0.262 e. The monoisotopic (exact) mass is 305 g/mol. The number of nitriles is 1. The first-order valence-electron chi connectivity index (χ1n) is 6.93. The van der Waals surface area contributed by atoms with Crippen molar-refractivity contribution >= 4 is 12.0 Å². The van der Waals surface area contributed by atoms with Gasteiger partial charge in [-0.1, -0.05) is 24.3 Å². The van der Waals surface area contributed by atoms with Gasteiger partial charge in [0.1, 0.15) is 17.4 Å². The second kappa shape index (κ2) is 8.15. The summed E-state index contributed by atoms with van der Waals surface area (Å²) in [5.41, 5.74) is 1.79. The number of phenols is 1. The van der Waals surface area contributed by atoms with Gasteiger partial charge in [0.05, 0.1) is 0 Å². The maximum absolute atomic E-state index is 12.0. The van der Waals surface area contributed by atoms with Gasteiger partial charge in [0, 0.05) is 18.9 Å². The summed E-state index contributed by atoms with van der Waals surface area (Å²) in [6.07, 6.45) is 8.10. The summed E-state index contributed by atoms with van der Waals surface area (Å²) in [4.78, 5) is 15.8. The van der Waals surface area contributed by atoms with Crippen molar-refractivity contribution in [2.45, 2.75) is 6.54 Å². The molecule has 0 aliphatic heterocycles. The van der Waals surface area contributed by atoms with E-state index in [2.05, 4.69) is 10.3 Å². The van der Waals surface area contributed by atoms with E-state index >= 15 is 0 Å². The normalized spacial score (nSPS) is 11.2. The molecule has 0 unspecified atom stereocenters. The minimum Gasteiger partial charge on any atom is -0.508 e. The fraction of sp³-hybridized carbons (Fsp3) is 0.0556. The molecule has 0 atom stereocenters. The molecule has 0 aliphatic rings. The number of aromatic hydroxyl groups is 1. The van der Waals surface area contributed by atoms with Crippen molar-refractivity contribution in [1.82, 2.24) is 10.3 Å². The molecule has 0 fully saturated rings. The standard InChI is InChI=1S/C18H15N3O2/c19-12-16(3-1-2-14-4-6-17(22)7-5-14)18(23)21-13-15-8-10-20-11-9-15/h1-11,22H,13H2,(H,21,23)/b2-1+,16-3+. The van der Waals surface area contributed by atoms with Gasteiger partial charge in [0.25, 0.3) is 5.91 Å². The van der Waals surface area contributed by atoms with Crippen LogP contribution in [0.25, 0.3) is 6.08 Å². The number of hydrogen-bond acceptors (Lipinski definition) is 4. The van der Waals surface area contributed by atoms with Gasteiger partial charge in [-0.25, -0.2) is 0 Å². The fourth-order valence-corrected chi connectivity index (χ4v) is 1.78. The van der Waals surface area contributed by atoms with E-state index in [0.29, 0.717) is 6.54 Å². The number of benzene rings is 1. The number of nitrogens with one attached hydrogen (secondary N) is 1. The number of nitrogens with zero attached hydrogens (tertiary/aromatic N) is 2. The molecule has 0 radical (unpaired) electrons. The molecule has 0 aliphatic carbocycles. The van der Waals surface area contributed by atoms with E-state index in [0.717, 1.165) is 11.1 Å². The fourth-order valence-electron chi connectivity index (χ4n) is 1.78. The van der Waals surface area contributed by atoms with Crippen LogP contribution in [0, 0.1) is 11.3 Å². The minimum atomic E-state index is -0.431. The van der Waals surface area contributed by atoms with Crippen LogP contribution in [0.15, 0.2) is 66.5 Å². The highest BCUT2D eigenvalue weighted by Gasteiger charge is 2.06. The van der Waals surface area contributed by atoms with Crippen LogP contribution in [-0.4, -0.2) is 16.0 Å². The summed E-state index contributed by atoms with van der Waals surface area (Å²) < 4.78 is 0. The van der Waals surface area contributed by atoms with Crippen molar-refractivity contribution in [1.29, 1.82) is 5.26 Å². The van der Waals surface area contributed by atoms with Crippen LogP contribution in [-0.2, 0) is 11.3 Å². The van der Waals surface area contributed by atoms with Crippen LogP contribution < -0.4 is 5.32 Å². The SMILES string of the molecule is N#C/C(=C\C=C\c1ccc(O)cc1)C(=O)NCc1ccncc1. The van der Waals surface area contributed by atoms with Gasteiger partial charge >= 0.3 is 0 Å². The zero-order valence-electron chi connectivity index (χ0n) is 12.3. The van der Waals surface area contributed by atoms with E-state index in [4.69, 9.17) is 5.26 Å². The molecule has 0 bridgehead atoms. The summed E-state index contributed by atoms with van der Waals surface area (Å²) in [5, 5.41) is 21.0. The van der Waals surface area contributed by atoms with Crippen LogP contribution >= 0.6 is 0 Å². The molecule has 0 spiro atoms. The third kappa shape index (κ3) is 5.14. The Labute approximate surface area is 134 Å². The molecule has 1 heterocycles. The third-order valence-electron chi connectivity index (χ3n) is 3.01. The molecule has 114 valence electrons. The van der Waals surface area contributed by atoms with E-state index in [-0.39, 0.29) is 11.3 Å². The summed E-state index contributed by atoms with van der Waals surface area (Å²) >= 11 is 0. The zero-order valence-corrected chi connectivity index (χ0v) is 12.3. The summed E-state index contributed by atoms with van der Waals surface area (Å²) in [6.45, 7) is 0.335. The Kier molecular flexibility index (Phi) is 5.67. The molecule has 1 aromatic carbocycles. The molecule has 2 N–H and O–H groups in total. The van der Waals surface area contributed by atoms with Gasteiger partial charge in [-0.05, 0) is 41.5 Å². The second-order valence-electron chi connectivity index (χ2n) is 4.68. The highest BCUT2D eigenvalue weighted by Crippen LogP contribution is 2.11. The molecular formula is C18H15N3O2. The Morgan fingerprint density at radius 1 is 1.22 bits per heavy atom. The van der Waals surface area contributed by atoms with Crippen molar-refractivity contribution in [3.05, 3.63) is 77.6 Å². The van der Waals surface area contributed by atoms with E-state index in [1.165, 1.54) is 6.08 Å². The zero-order chi connectivity index (χ0) is 16.5. The second-order valence-corrected chi connectivity index (χ2v) is 4.68. The number of carbonyl (C=O) groups excluding carboxylic acids is 1. The Morgan fingerprint density at radius 2 is 1.91 bits per heavy atom. The number of phenolic OH excluding ortho intramolecular Hbond substituents is 1. The Hall–Kier alpha value is -3.39. The maximum Gasteiger partial charge on any atom is 0.262 e. The molecular weight excluding hydrogens is 290 g/mol. The van der Waals surface area contributed by atoms with Crippen LogP contribution in [0.4, 0.5) is 0 Å². The molecule has 23 heavy (non-hydrogen) atoms. The number of aromatic nitrogens is 1. The molecule has 2 rings (SSSR count). The van der Waals surface area contributed by atoms with Crippen molar-refractivity contribution < 1.29 is 9.90 Å². The van der Waals surface area contributed by atoms with E-state index in [1.54, 1.807) is 60.9 Å². The molecule has 2 aromatic rings. The predicted molar refractivity (Wildman–Crippen MR) is 86.9 cm³/mol. The van der Waals surface area contributed by atoms with Gasteiger partial charge in [0.15, 0.2) is 0 Å².